The monoisotopic (exact) mass is 411 g/mol. The minimum atomic E-state index is -4.28. The third-order valence-electron chi connectivity index (χ3n) is 3.69. The molecule has 1 heterocycles. The highest BCUT2D eigenvalue weighted by Crippen LogP contribution is 2.54. The van der Waals surface area contributed by atoms with Crippen LogP contribution in [0.5, 0.6) is 0 Å². The van der Waals surface area contributed by atoms with Crippen molar-refractivity contribution in [1.82, 2.24) is 4.31 Å². The molecule has 0 aromatic rings. The molecule has 9 heteroatoms. The number of sulfonamides is 1. The van der Waals surface area contributed by atoms with Crippen molar-refractivity contribution >= 4 is 62.3 Å². The maximum Gasteiger partial charge on any atom is 0.279 e. The number of amides is 1. The van der Waals surface area contributed by atoms with Gasteiger partial charge in [-0.05, 0) is 6.42 Å². The van der Waals surface area contributed by atoms with Crippen LogP contribution in [-0.4, -0.2) is 33.2 Å². The summed E-state index contributed by atoms with van der Waals surface area (Å²) >= 11 is 22.9. The first-order valence-electron chi connectivity index (χ1n) is 7.43. The highest BCUT2D eigenvalue weighted by molar-refractivity contribution is 7.95. The first-order chi connectivity index (χ1) is 10.1. The molecular weight excluding hydrogens is 392 g/mol. The van der Waals surface area contributed by atoms with Crippen LogP contribution in [0, 0.1) is 0 Å². The molecule has 22 heavy (non-hydrogen) atoms. The molecular formula is C13H21Cl4NO3S. The van der Waals surface area contributed by atoms with E-state index < -0.39 is 23.9 Å². The molecule has 1 fully saturated rings. The number of unbranched alkanes of at least 4 members (excludes halogenated alkanes) is 7. The van der Waals surface area contributed by atoms with Crippen LogP contribution in [0.3, 0.4) is 0 Å². The molecule has 0 N–H and O–H groups in total. The van der Waals surface area contributed by atoms with Gasteiger partial charge in [0.05, 0.1) is 0 Å². The Kier molecular flexibility index (Phi) is 7.60. The maximum atomic E-state index is 12.2. The Labute approximate surface area is 152 Å². The molecule has 0 atom stereocenters. The number of halogens is 4. The Morgan fingerprint density at radius 3 is 1.77 bits per heavy atom. The fourth-order valence-electron chi connectivity index (χ4n) is 2.30. The average Bonchev–Trinajstić information content (AvgIpc) is 2.51. The lowest BCUT2D eigenvalue weighted by atomic mass is 10.1. The molecule has 4 nitrogen and oxygen atoms in total. The van der Waals surface area contributed by atoms with Crippen LogP contribution in [0.25, 0.3) is 0 Å². The predicted molar refractivity (Wildman–Crippen MR) is 92.1 cm³/mol. The zero-order chi connectivity index (χ0) is 17.0. The van der Waals surface area contributed by atoms with E-state index >= 15 is 0 Å². The second kappa shape index (κ2) is 8.11. The van der Waals surface area contributed by atoms with Crippen LogP contribution < -0.4 is 0 Å². The van der Waals surface area contributed by atoms with Crippen molar-refractivity contribution in [2.45, 2.75) is 66.3 Å². The van der Waals surface area contributed by atoms with Gasteiger partial charge in [-0.15, -0.1) is 0 Å². The number of nitrogens with zero attached hydrogens (tertiary/aromatic N) is 1. The van der Waals surface area contributed by atoms with Gasteiger partial charge in [0.1, 0.15) is 0 Å². The van der Waals surface area contributed by atoms with Crippen molar-refractivity contribution in [3.63, 3.8) is 0 Å². The molecule has 1 amide bonds. The summed E-state index contributed by atoms with van der Waals surface area (Å²) in [7, 11) is -4.28. The lowest BCUT2D eigenvalue weighted by Crippen LogP contribution is -2.38. The molecule has 0 aliphatic carbocycles. The highest BCUT2D eigenvalue weighted by atomic mass is 35.5. The first-order valence-corrected chi connectivity index (χ1v) is 10.4. The summed E-state index contributed by atoms with van der Waals surface area (Å²) in [6.07, 6.45) is 8.28. The van der Waals surface area contributed by atoms with Gasteiger partial charge in [0, 0.05) is 6.54 Å². The number of rotatable bonds is 9. The van der Waals surface area contributed by atoms with E-state index in [1.54, 1.807) is 0 Å². The van der Waals surface area contributed by atoms with Gasteiger partial charge in [-0.2, -0.15) is 0 Å². The standard InChI is InChI=1S/C13H21Cl4NO3S/c1-2-3-4-5-6-7-8-9-10-18-11(19)12(14,15)13(16,17)22(18,20)21/h2-10H2,1H3. The zero-order valence-electron chi connectivity index (χ0n) is 12.5. The van der Waals surface area contributed by atoms with Crippen LogP contribution in [0.2, 0.25) is 0 Å². The van der Waals surface area contributed by atoms with Gasteiger partial charge >= 0.3 is 0 Å². The maximum absolute atomic E-state index is 12.2. The fraction of sp³-hybridized carbons (Fsp3) is 0.923. The number of alkyl halides is 4. The van der Waals surface area contributed by atoms with Crippen LogP contribution in [0.15, 0.2) is 0 Å². The van der Waals surface area contributed by atoms with E-state index in [0.29, 0.717) is 10.7 Å². The summed E-state index contributed by atoms with van der Waals surface area (Å²) in [6, 6.07) is 0. The van der Waals surface area contributed by atoms with Gasteiger partial charge < -0.3 is 0 Å². The van der Waals surface area contributed by atoms with Crippen molar-refractivity contribution in [3.05, 3.63) is 0 Å². The molecule has 0 bridgehead atoms. The summed E-state index contributed by atoms with van der Waals surface area (Å²) < 4.78 is 20.0. The van der Waals surface area contributed by atoms with E-state index in [9.17, 15) is 13.2 Å². The topological polar surface area (TPSA) is 54.5 Å². The van der Waals surface area contributed by atoms with E-state index in [4.69, 9.17) is 46.4 Å². The fourth-order valence-corrected chi connectivity index (χ4v) is 5.27. The number of hydrogen-bond acceptors (Lipinski definition) is 3. The third kappa shape index (κ3) is 3.97. The summed E-state index contributed by atoms with van der Waals surface area (Å²) in [5.41, 5.74) is 0. The Hall–Kier alpha value is 0.580. The van der Waals surface area contributed by atoms with E-state index in [0.717, 1.165) is 19.3 Å². The van der Waals surface area contributed by atoms with Crippen LogP contribution in [-0.2, 0) is 14.8 Å². The molecule has 0 spiro atoms. The molecule has 0 aromatic heterocycles. The Morgan fingerprint density at radius 1 is 0.909 bits per heavy atom. The smallest absolute Gasteiger partial charge is 0.270 e. The van der Waals surface area contributed by atoms with E-state index in [-0.39, 0.29) is 6.54 Å². The SMILES string of the molecule is CCCCCCCCCCN1C(=O)C(Cl)(Cl)C(Cl)(Cl)S1(=O)=O. The Balaban J connectivity index is 2.45. The Bertz CT molecular complexity index is 494. The van der Waals surface area contributed by atoms with Gasteiger partial charge in [-0.3, -0.25) is 4.79 Å². The van der Waals surface area contributed by atoms with E-state index in [2.05, 4.69) is 6.92 Å². The van der Waals surface area contributed by atoms with Crippen LogP contribution in [0.1, 0.15) is 58.3 Å². The molecule has 0 aromatic carbocycles. The predicted octanol–water partition coefficient (Wildman–Crippen LogP) is 4.60. The minimum absolute atomic E-state index is 0.00148. The van der Waals surface area contributed by atoms with Gasteiger partial charge in [0.25, 0.3) is 19.6 Å². The van der Waals surface area contributed by atoms with Gasteiger partial charge in [-0.1, -0.05) is 98.3 Å². The van der Waals surface area contributed by atoms with Crippen LogP contribution >= 0.6 is 46.4 Å². The molecule has 0 unspecified atom stereocenters. The number of carbonyl (C=O) groups excluding carboxylic acids is 1. The molecule has 0 saturated carbocycles. The third-order valence-corrected chi connectivity index (χ3v) is 8.81. The van der Waals surface area contributed by atoms with Gasteiger partial charge in [0.15, 0.2) is 0 Å². The molecule has 1 aliphatic rings. The first kappa shape index (κ1) is 20.6. The Morgan fingerprint density at radius 2 is 1.36 bits per heavy atom. The van der Waals surface area contributed by atoms with E-state index in [1.165, 1.54) is 25.7 Å². The highest BCUT2D eigenvalue weighted by Gasteiger charge is 2.72. The van der Waals surface area contributed by atoms with Gasteiger partial charge in [0.2, 0.25) is 4.33 Å². The van der Waals surface area contributed by atoms with Crippen molar-refractivity contribution in [1.29, 1.82) is 0 Å². The summed E-state index contributed by atoms with van der Waals surface area (Å²) in [5, 5.41) is 0. The number of carbonyl (C=O) groups is 1. The number of hydrogen-bond donors (Lipinski definition) is 0. The van der Waals surface area contributed by atoms with Crippen molar-refractivity contribution in [3.8, 4) is 0 Å². The molecule has 1 rings (SSSR count). The average molecular weight is 413 g/mol. The second-order valence-electron chi connectivity index (χ2n) is 5.45. The normalized spacial score (nSPS) is 22.2. The summed E-state index contributed by atoms with van der Waals surface area (Å²) in [4.78, 5) is 12.0. The lowest BCUT2D eigenvalue weighted by molar-refractivity contribution is -0.125. The lowest BCUT2D eigenvalue weighted by Gasteiger charge is -2.19. The van der Waals surface area contributed by atoms with Crippen molar-refractivity contribution < 1.29 is 13.2 Å². The summed E-state index contributed by atoms with van der Waals surface area (Å²) in [6.45, 7) is 2.16. The largest absolute Gasteiger partial charge is 0.279 e. The molecule has 1 saturated heterocycles. The zero-order valence-corrected chi connectivity index (χ0v) is 16.3. The second-order valence-corrected chi connectivity index (χ2v) is 10.6. The molecule has 1 aliphatic heterocycles. The molecule has 0 radical (unpaired) electrons. The van der Waals surface area contributed by atoms with Crippen molar-refractivity contribution in [2.24, 2.45) is 0 Å². The quantitative estimate of drug-likeness (QED) is 0.410. The van der Waals surface area contributed by atoms with Gasteiger partial charge in [-0.25, -0.2) is 12.7 Å². The van der Waals surface area contributed by atoms with E-state index in [1.807, 2.05) is 0 Å². The van der Waals surface area contributed by atoms with Crippen LogP contribution in [0.4, 0.5) is 0 Å². The summed E-state index contributed by atoms with van der Waals surface area (Å²) in [5.74, 6) is -0.983. The molecule has 130 valence electrons. The van der Waals surface area contributed by atoms with Crippen molar-refractivity contribution in [2.75, 3.05) is 6.54 Å². The minimum Gasteiger partial charge on any atom is -0.270 e.